The summed E-state index contributed by atoms with van der Waals surface area (Å²) in [5, 5.41) is 0. The van der Waals surface area contributed by atoms with Gasteiger partial charge in [-0.3, -0.25) is 18.6 Å². The standard InChI is InChI=1S/C67H116NO8P/c1-3-5-7-9-11-13-15-17-19-21-22-23-24-25-26-27-28-29-30-31-32-33-34-35-36-37-38-39-40-41-42-44-46-48-50-52-54-56-58-60-67(70)76-65(64-75-77(71,72)74-62-61-68)63-73-66(69)59-57-55-53-51-49-47-45-43-20-18-16-14-12-10-8-6-4-2/h5,7,11-14,17-20,22-23,25-26,28-29,31-32,65H,3-4,6,8-10,15-16,21,24,27,30,33-64,68H2,1-2H3,(H,71,72)/b7-5-,13-11-,14-12-,19-17-,20-18-,23-22-,26-25-,29-28-,32-31-. The molecule has 0 aromatic rings. The molecule has 0 fully saturated rings. The highest BCUT2D eigenvalue weighted by atomic mass is 31.2. The number of carbonyl (C=O) groups is 2. The number of hydrogen-bond acceptors (Lipinski definition) is 8. The number of carbonyl (C=O) groups excluding carboxylic acids is 2. The Hall–Kier alpha value is -3.33. The Morgan fingerprint density at radius 1 is 0.403 bits per heavy atom. The van der Waals surface area contributed by atoms with Crippen molar-refractivity contribution in [2.45, 2.75) is 277 Å². The molecule has 10 heteroatoms. The molecule has 0 bridgehead atoms. The third kappa shape index (κ3) is 61.7. The minimum absolute atomic E-state index is 0.0494. The number of nitrogens with two attached hydrogens (primary N) is 1. The van der Waals surface area contributed by atoms with Gasteiger partial charge in [-0.05, 0) is 103 Å². The van der Waals surface area contributed by atoms with Crippen LogP contribution in [0.5, 0.6) is 0 Å². The van der Waals surface area contributed by atoms with Crippen LogP contribution in [0.15, 0.2) is 109 Å². The monoisotopic (exact) mass is 1090 g/mol. The Labute approximate surface area is 473 Å². The van der Waals surface area contributed by atoms with Crippen LogP contribution in [0, 0.1) is 0 Å². The molecule has 0 aromatic carbocycles. The molecule has 3 N–H and O–H groups in total. The van der Waals surface area contributed by atoms with Gasteiger partial charge >= 0.3 is 19.8 Å². The van der Waals surface area contributed by atoms with E-state index in [1.54, 1.807) is 0 Å². The molecule has 0 radical (unpaired) electrons. The lowest BCUT2D eigenvalue weighted by molar-refractivity contribution is -0.161. The molecule has 442 valence electrons. The van der Waals surface area contributed by atoms with Gasteiger partial charge in [0.2, 0.25) is 0 Å². The van der Waals surface area contributed by atoms with E-state index in [1.807, 2.05) is 0 Å². The Balaban J connectivity index is 3.87. The predicted molar refractivity (Wildman–Crippen MR) is 330 cm³/mol. The summed E-state index contributed by atoms with van der Waals surface area (Å²) in [6.07, 6.45) is 84.5. The van der Waals surface area contributed by atoms with Crippen molar-refractivity contribution in [1.29, 1.82) is 0 Å². The van der Waals surface area contributed by atoms with Gasteiger partial charge in [0.25, 0.3) is 0 Å². The van der Waals surface area contributed by atoms with E-state index in [1.165, 1.54) is 135 Å². The van der Waals surface area contributed by atoms with Crippen LogP contribution in [0.1, 0.15) is 271 Å². The maximum atomic E-state index is 12.7. The van der Waals surface area contributed by atoms with E-state index in [4.69, 9.17) is 24.3 Å². The van der Waals surface area contributed by atoms with Gasteiger partial charge in [0.05, 0.1) is 13.2 Å². The third-order valence-corrected chi connectivity index (χ3v) is 14.1. The zero-order chi connectivity index (χ0) is 55.9. The Morgan fingerprint density at radius 3 is 1.06 bits per heavy atom. The first-order valence-corrected chi connectivity index (χ1v) is 32.9. The van der Waals surface area contributed by atoms with Gasteiger partial charge in [0, 0.05) is 19.4 Å². The average molecular weight is 1090 g/mol. The summed E-state index contributed by atoms with van der Waals surface area (Å²) >= 11 is 0. The summed E-state index contributed by atoms with van der Waals surface area (Å²) in [6.45, 7) is 3.61. The highest BCUT2D eigenvalue weighted by Gasteiger charge is 2.26. The minimum atomic E-state index is -4.39. The summed E-state index contributed by atoms with van der Waals surface area (Å²) < 4.78 is 33.0. The van der Waals surface area contributed by atoms with E-state index in [0.717, 1.165) is 103 Å². The highest BCUT2D eigenvalue weighted by molar-refractivity contribution is 7.47. The lowest BCUT2D eigenvalue weighted by atomic mass is 10.0. The Bertz CT molecular complexity index is 1630. The second-order valence-electron chi connectivity index (χ2n) is 20.5. The molecule has 0 amide bonds. The molecule has 0 aliphatic carbocycles. The first-order valence-electron chi connectivity index (χ1n) is 31.4. The van der Waals surface area contributed by atoms with Gasteiger partial charge in [-0.2, -0.15) is 0 Å². The van der Waals surface area contributed by atoms with Crippen molar-refractivity contribution >= 4 is 19.8 Å². The first-order chi connectivity index (χ1) is 37.8. The zero-order valence-corrected chi connectivity index (χ0v) is 50.3. The van der Waals surface area contributed by atoms with E-state index in [-0.39, 0.29) is 38.6 Å². The fourth-order valence-electron chi connectivity index (χ4n) is 8.53. The molecule has 0 aromatic heterocycles. The molecule has 0 aliphatic rings. The van der Waals surface area contributed by atoms with Crippen LogP contribution in [0.2, 0.25) is 0 Å². The van der Waals surface area contributed by atoms with Crippen LogP contribution in [0.3, 0.4) is 0 Å². The van der Waals surface area contributed by atoms with Crippen LogP contribution < -0.4 is 5.73 Å². The lowest BCUT2D eigenvalue weighted by Gasteiger charge is -2.19. The average Bonchev–Trinajstić information content (AvgIpc) is 3.42. The molecular formula is C67H116NO8P. The largest absolute Gasteiger partial charge is 0.472 e. The summed E-state index contributed by atoms with van der Waals surface area (Å²) in [7, 11) is -4.39. The van der Waals surface area contributed by atoms with Crippen molar-refractivity contribution in [3.63, 3.8) is 0 Å². The van der Waals surface area contributed by atoms with Crippen molar-refractivity contribution in [2.24, 2.45) is 5.73 Å². The maximum absolute atomic E-state index is 12.7. The van der Waals surface area contributed by atoms with Crippen molar-refractivity contribution < 1.29 is 37.6 Å². The summed E-state index contributed by atoms with van der Waals surface area (Å²) in [4.78, 5) is 35.2. The maximum Gasteiger partial charge on any atom is 0.472 e. The fourth-order valence-corrected chi connectivity index (χ4v) is 9.30. The number of ether oxygens (including phenoxy) is 2. The highest BCUT2D eigenvalue weighted by Crippen LogP contribution is 2.43. The van der Waals surface area contributed by atoms with Gasteiger partial charge in [-0.25, -0.2) is 4.57 Å². The molecule has 0 saturated carbocycles. The first kappa shape index (κ1) is 73.7. The van der Waals surface area contributed by atoms with E-state index in [0.29, 0.717) is 6.42 Å². The number of phosphoric ester groups is 1. The second kappa shape index (κ2) is 61.9. The van der Waals surface area contributed by atoms with Crippen LogP contribution in [0.4, 0.5) is 0 Å². The van der Waals surface area contributed by atoms with Gasteiger partial charge in [-0.1, -0.05) is 264 Å². The molecule has 0 spiro atoms. The van der Waals surface area contributed by atoms with Crippen molar-refractivity contribution in [2.75, 3.05) is 26.4 Å². The van der Waals surface area contributed by atoms with Crippen LogP contribution in [-0.4, -0.2) is 49.3 Å². The van der Waals surface area contributed by atoms with E-state index >= 15 is 0 Å². The van der Waals surface area contributed by atoms with Gasteiger partial charge in [-0.15, -0.1) is 0 Å². The summed E-state index contributed by atoms with van der Waals surface area (Å²) in [5.41, 5.74) is 5.38. The SMILES string of the molecule is CC/C=C\C/C=C\C/C=C\C/C=C\C/C=C\C/C=C\C/C=C\CCCCCCCCCCCCCCCCCCCC(=O)OC(COC(=O)CCCCCCCCC/C=C\C/C=C\CCCCC)COP(=O)(O)OCCN. The van der Waals surface area contributed by atoms with E-state index in [9.17, 15) is 19.0 Å². The molecule has 0 rings (SSSR count). The molecular weight excluding hydrogens is 978 g/mol. The van der Waals surface area contributed by atoms with Crippen molar-refractivity contribution in [1.82, 2.24) is 0 Å². The van der Waals surface area contributed by atoms with Gasteiger partial charge in [0.15, 0.2) is 6.10 Å². The fraction of sp³-hybridized carbons (Fsp3) is 0.701. The minimum Gasteiger partial charge on any atom is -0.462 e. The van der Waals surface area contributed by atoms with Crippen LogP contribution in [0.25, 0.3) is 0 Å². The predicted octanol–water partition coefficient (Wildman–Crippen LogP) is 20.2. The number of unbranched alkanes of at least 4 members (excludes halogenated alkanes) is 27. The van der Waals surface area contributed by atoms with Crippen LogP contribution >= 0.6 is 7.82 Å². The second-order valence-corrected chi connectivity index (χ2v) is 22.0. The smallest absolute Gasteiger partial charge is 0.462 e. The van der Waals surface area contributed by atoms with Crippen LogP contribution in [-0.2, 0) is 32.7 Å². The number of allylic oxidation sites excluding steroid dienone is 18. The Kier molecular flexibility index (Phi) is 59.2. The van der Waals surface area contributed by atoms with Crippen molar-refractivity contribution in [3.05, 3.63) is 109 Å². The molecule has 0 aliphatic heterocycles. The zero-order valence-electron chi connectivity index (χ0n) is 49.4. The number of rotatable bonds is 58. The van der Waals surface area contributed by atoms with E-state index in [2.05, 4.69) is 123 Å². The van der Waals surface area contributed by atoms with Gasteiger partial charge < -0.3 is 20.1 Å². The Morgan fingerprint density at radius 2 is 0.714 bits per heavy atom. The van der Waals surface area contributed by atoms with Gasteiger partial charge in [0.1, 0.15) is 6.61 Å². The number of phosphoric acid groups is 1. The number of hydrogen-bond donors (Lipinski definition) is 2. The molecule has 2 atom stereocenters. The summed E-state index contributed by atoms with van der Waals surface area (Å²) in [5.74, 6) is -0.834. The number of esters is 2. The lowest BCUT2D eigenvalue weighted by Crippen LogP contribution is -2.29. The quantitative estimate of drug-likeness (QED) is 0.0264. The molecule has 0 saturated heterocycles. The third-order valence-electron chi connectivity index (χ3n) is 13.1. The molecule has 77 heavy (non-hydrogen) atoms. The van der Waals surface area contributed by atoms with E-state index < -0.39 is 26.5 Å². The molecule has 2 unspecified atom stereocenters. The molecule has 9 nitrogen and oxygen atoms in total. The van der Waals surface area contributed by atoms with Crippen molar-refractivity contribution in [3.8, 4) is 0 Å². The molecule has 0 heterocycles. The summed E-state index contributed by atoms with van der Waals surface area (Å²) in [6, 6.07) is 0. The normalized spacial score (nSPS) is 13.8. The topological polar surface area (TPSA) is 134 Å².